The topological polar surface area (TPSA) is 76.4 Å². The van der Waals surface area contributed by atoms with Crippen molar-refractivity contribution in [2.24, 2.45) is 11.7 Å². The van der Waals surface area contributed by atoms with Gasteiger partial charge in [-0.05, 0) is 31.0 Å². The Morgan fingerprint density at radius 1 is 1.47 bits per heavy atom. The monoisotopic (exact) mass is 263 g/mol. The fourth-order valence-electron chi connectivity index (χ4n) is 2.01. The Morgan fingerprint density at radius 3 is 2.84 bits per heavy atom. The molecular formula is C14H21N3O2. The van der Waals surface area contributed by atoms with Crippen molar-refractivity contribution in [1.82, 2.24) is 0 Å². The second kappa shape index (κ2) is 5.48. The number of fused-ring (bicyclic) bond motifs is 1. The van der Waals surface area contributed by atoms with Gasteiger partial charge in [0.05, 0.1) is 5.69 Å². The highest BCUT2D eigenvalue weighted by Crippen LogP contribution is 2.32. The number of nitrogens with one attached hydrogen (secondary N) is 2. The third-order valence-electron chi connectivity index (χ3n) is 3.32. The normalized spacial score (nSPS) is 19.4. The van der Waals surface area contributed by atoms with Crippen LogP contribution in [-0.4, -0.2) is 24.6 Å². The van der Waals surface area contributed by atoms with Gasteiger partial charge in [-0.25, -0.2) is 0 Å². The summed E-state index contributed by atoms with van der Waals surface area (Å²) in [6, 6.07) is 5.89. The second-order valence-electron chi connectivity index (χ2n) is 5.19. The van der Waals surface area contributed by atoms with Crippen LogP contribution in [0.4, 0.5) is 11.4 Å². The van der Waals surface area contributed by atoms with Crippen molar-refractivity contribution in [2.75, 3.05) is 17.2 Å². The van der Waals surface area contributed by atoms with Gasteiger partial charge in [0.15, 0.2) is 6.10 Å². The van der Waals surface area contributed by atoms with E-state index in [1.165, 1.54) is 0 Å². The molecule has 1 amide bonds. The molecule has 1 aliphatic rings. The molecule has 0 saturated heterocycles. The van der Waals surface area contributed by atoms with Crippen LogP contribution in [0.3, 0.4) is 0 Å². The molecule has 0 fully saturated rings. The molecule has 1 aliphatic heterocycles. The molecule has 2 unspecified atom stereocenters. The fraction of sp³-hybridized carbons (Fsp3) is 0.500. The molecule has 5 nitrogen and oxygen atoms in total. The van der Waals surface area contributed by atoms with Crippen molar-refractivity contribution in [3.05, 3.63) is 18.2 Å². The van der Waals surface area contributed by atoms with Gasteiger partial charge >= 0.3 is 0 Å². The molecule has 0 aliphatic carbocycles. The van der Waals surface area contributed by atoms with Crippen LogP contribution >= 0.6 is 0 Å². The maximum atomic E-state index is 11.6. The number of rotatable bonds is 4. The van der Waals surface area contributed by atoms with E-state index < -0.39 is 6.10 Å². The highest BCUT2D eigenvalue weighted by atomic mass is 16.5. The van der Waals surface area contributed by atoms with E-state index in [4.69, 9.17) is 10.5 Å². The minimum atomic E-state index is -0.446. The summed E-state index contributed by atoms with van der Waals surface area (Å²) in [6.07, 6.45) is -0.446. The van der Waals surface area contributed by atoms with Crippen LogP contribution in [0.15, 0.2) is 18.2 Å². The summed E-state index contributed by atoms with van der Waals surface area (Å²) in [4.78, 5) is 11.6. The SMILES string of the molecule is CC1Oc2ccc(NC(CN)C(C)C)cc2NC1=O. The minimum absolute atomic E-state index is 0.121. The molecule has 1 heterocycles. The Kier molecular flexibility index (Phi) is 3.95. The smallest absolute Gasteiger partial charge is 0.265 e. The Bertz CT molecular complexity index is 474. The van der Waals surface area contributed by atoms with E-state index in [-0.39, 0.29) is 11.9 Å². The molecule has 104 valence electrons. The van der Waals surface area contributed by atoms with Crippen LogP contribution < -0.4 is 21.1 Å². The van der Waals surface area contributed by atoms with Gasteiger partial charge in [0.25, 0.3) is 5.91 Å². The lowest BCUT2D eigenvalue weighted by Crippen LogP contribution is -2.35. The summed E-state index contributed by atoms with van der Waals surface area (Å²) in [5, 5.41) is 6.21. The number of nitrogens with two attached hydrogens (primary N) is 1. The maximum absolute atomic E-state index is 11.6. The maximum Gasteiger partial charge on any atom is 0.265 e. The first-order chi connectivity index (χ1) is 9.01. The molecule has 19 heavy (non-hydrogen) atoms. The number of ether oxygens (including phenoxy) is 1. The highest BCUT2D eigenvalue weighted by molar-refractivity contribution is 5.98. The number of amides is 1. The van der Waals surface area contributed by atoms with E-state index in [2.05, 4.69) is 24.5 Å². The standard InChI is InChI=1S/C14H21N3O2/c1-8(2)12(7-15)16-10-4-5-13-11(6-10)17-14(18)9(3)19-13/h4-6,8-9,12,16H,7,15H2,1-3H3,(H,17,18). The van der Waals surface area contributed by atoms with Crippen molar-refractivity contribution >= 4 is 17.3 Å². The summed E-state index contributed by atoms with van der Waals surface area (Å²) in [5.74, 6) is 1.02. The zero-order valence-corrected chi connectivity index (χ0v) is 11.6. The molecule has 1 aromatic carbocycles. The number of carbonyl (C=O) groups excluding carboxylic acids is 1. The van der Waals surface area contributed by atoms with E-state index in [0.29, 0.717) is 23.9 Å². The van der Waals surface area contributed by atoms with E-state index >= 15 is 0 Å². The van der Waals surface area contributed by atoms with Crippen molar-refractivity contribution < 1.29 is 9.53 Å². The molecule has 2 rings (SSSR count). The van der Waals surface area contributed by atoms with Crippen LogP contribution in [0.5, 0.6) is 5.75 Å². The van der Waals surface area contributed by atoms with Crippen molar-refractivity contribution in [2.45, 2.75) is 32.9 Å². The molecule has 1 aromatic rings. The van der Waals surface area contributed by atoms with E-state index in [9.17, 15) is 4.79 Å². The summed E-state index contributed by atoms with van der Waals surface area (Å²) in [6.45, 7) is 6.54. The van der Waals surface area contributed by atoms with Gasteiger partial charge in [0.1, 0.15) is 5.75 Å². The molecule has 0 saturated carbocycles. The number of hydrogen-bond acceptors (Lipinski definition) is 4. The van der Waals surface area contributed by atoms with E-state index in [0.717, 1.165) is 5.69 Å². The number of anilines is 2. The zero-order valence-electron chi connectivity index (χ0n) is 11.6. The first kappa shape index (κ1) is 13.7. The van der Waals surface area contributed by atoms with Gasteiger partial charge in [0, 0.05) is 18.3 Å². The molecule has 0 aromatic heterocycles. The quantitative estimate of drug-likeness (QED) is 0.774. The summed E-state index contributed by atoms with van der Waals surface area (Å²) >= 11 is 0. The van der Waals surface area contributed by atoms with E-state index in [1.807, 2.05) is 18.2 Å². The van der Waals surface area contributed by atoms with Crippen LogP contribution in [-0.2, 0) is 4.79 Å². The predicted octanol–water partition coefficient (Wildman–Crippen LogP) is 1.80. The Hall–Kier alpha value is -1.75. The summed E-state index contributed by atoms with van der Waals surface area (Å²) in [5.41, 5.74) is 7.38. The minimum Gasteiger partial charge on any atom is -0.479 e. The summed E-state index contributed by atoms with van der Waals surface area (Å²) in [7, 11) is 0. The van der Waals surface area contributed by atoms with E-state index in [1.54, 1.807) is 6.92 Å². The molecule has 5 heteroatoms. The average molecular weight is 263 g/mol. The van der Waals surface area contributed by atoms with Crippen LogP contribution in [0, 0.1) is 5.92 Å². The number of hydrogen-bond donors (Lipinski definition) is 3. The Labute approximate surface area is 113 Å². The van der Waals surface area contributed by atoms with Crippen molar-refractivity contribution in [1.29, 1.82) is 0 Å². The lowest BCUT2D eigenvalue weighted by molar-refractivity contribution is -0.122. The highest BCUT2D eigenvalue weighted by Gasteiger charge is 2.23. The van der Waals surface area contributed by atoms with Crippen molar-refractivity contribution in [3.8, 4) is 5.75 Å². The second-order valence-corrected chi connectivity index (χ2v) is 5.19. The van der Waals surface area contributed by atoms with Crippen LogP contribution in [0.1, 0.15) is 20.8 Å². The zero-order chi connectivity index (χ0) is 14.0. The Morgan fingerprint density at radius 2 is 2.21 bits per heavy atom. The lowest BCUT2D eigenvalue weighted by atomic mass is 10.0. The first-order valence-corrected chi connectivity index (χ1v) is 6.59. The lowest BCUT2D eigenvalue weighted by Gasteiger charge is -2.26. The average Bonchev–Trinajstić information content (AvgIpc) is 2.37. The largest absolute Gasteiger partial charge is 0.479 e. The Balaban J connectivity index is 2.17. The van der Waals surface area contributed by atoms with Gasteiger partial charge in [-0.1, -0.05) is 13.8 Å². The fourth-order valence-corrected chi connectivity index (χ4v) is 2.01. The molecule has 0 spiro atoms. The predicted molar refractivity (Wildman–Crippen MR) is 76.5 cm³/mol. The molecule has 0 bridgehead atoms. The van der Waals surface area contributed by atoms with Gasteiger partial charge < -0.3 is 21.1 Å². The van der Waals surface area contributed by atoms with Crippen LogP contribution in [0.25, 0.3) is 0 Å². The first-order valence-electron chi connectivity index (χ1n) is 6.59. The third-order valence-corrected chi connectivity index (χ3v) is 3.32. The molecule has 2 atom stereocenters. The van der Waals surface area contributed by atoms with Gasteiger partial charge in [-0.3, -0.25) is 4.79 Å². The van der Waals surface area contributed by atoms with Crippen molar-refractivity contribution in [3.63, 3.8) is 0 Å². The van der Waals surface area contributed by atoms with Crippen LogP contribution in [0.2, 0.25) is 0 Å². The molecule has 4 N–H and O–H groups in total. The molecular weight excluding hydrogens is 242 g/mol. The number of carbonyl (C=O) groups is 1. The molecule has 0 radical (unpaired) electrons. The van der Waals surface area contributed by atoms with Gasteiger partial charge in [-0.2, -0.15) is 0 Å². The summed E-state index contributed by atoms with van der Waals surface area (Å²) < 4.78 is 5.51. The van der Waals surface area contributed by atoms with Gasteiger partial charge in [-0.15, -0.1) is 0 Å². The van der Waals surface area contributed by atoms with Gasteiger partial charge in [0.2, 0.25) is 0 Å². The number of benzene rings is 1. The third kappa shape index (κ3) is 2.98.